The molecular formula is C28H39N3O6. The molecule has 1 saturated carbocycles. The van der Waals surface area contributed by atoms with E-state index < -0.39 is 35.6 Å². The van der Waals surface area contributed by atoms with Crippen LogP contribution in [0.2, 0.25) is 0 Å². The topological polar surface area (TPSA) is 140 Å². The third-order valence-corrected chi connectivity index (χ3v) is 8.76. The number of carbonyl (C=O) groups excluding carboxylic acids is 3. The summed E-state index contributed by atoms with van der Waals surface area (Å²) in [5.74, 6) is -2.09. The van der Waals surface area contributed by atoms with Crippen LogP contribution in [0.1, 0.15) is 83.5 Å². The maximum atomic E-state index is 13.3. The number of hydrogen-bond donors (Lipinski definition) is 3. The molecule has 0 bridgehead atoms. The molecule has 37 heavy (non-hydrogen) atoms. The smallest absolute Gasteiger partial charge is 0.329 e. The fourth-order valence-corrected chi connectivity index (χ4v) is 5.58. The number of amides is 2. The van der Waals surface area contributed by atoms with E-state index in [1.54, 1.807) is 0 Å². The van der Waals surface area contributed by atoms with Crippen LogP contribution < -0.4 is 5.32 Å². The Morgan fingerprint density at radius 3 is 2.49 bits per heavy atom. The van der Waals surface area contributed by atoms with Crippen molar-refractivity contribution < 1.29 is 29.3 Å². The lowest BCUT2D eigenvalue weighted by Gasteiger charge is -2.40. The van der Waals surface area contributed by atoms with Crippen LogP contribution in [0.5, 0.6) is 11.5 Å². The van der Waals surface area contributed by atoms with Crippen molar-refractivity contribution in [2.75, 3.05) is 6.54 Å². The number of carbonyl (C=O) groups is 3. The van der Waals surface area contributed by atoms with Gasteiger partial charge in [0.15, 0.2) is 11.5 Å². The first-order valence-corrected chi connectivity index (χ1v) is 13.0. The van der Waals surface area contributed by atoms with E-state index in [1.165, 1.54) is 11.0 Å². The van der Waals surface area contributed by atoms with Gasteiger partial charge in [0.1, 0.15) is 12.1 Å². The molecule has 0 spiro atoms. The Balaban J connectivity index is 1.64. The van der Waals surface area contributed by atoms with E-state index in [2.05, 4.69) is 33.0 Å². The van der Waals surface area contributed by atoms with Gasteiger partial charge in [-0.05, 0) is 74.0 Å². The number of phenolic OH excluding ortho intramolecular Hbond substituents is 2. The van der Waals surface area contributed by atoms with Crippen molar-refractivity contribution in [3.05, 3.63) is 23.8 Å². The first kappa shape index (κ1) is 28.3. The average molecular weight is 514 g/mol. The molecule has 1 saturated heterocycles. The summed E-state index contributed by atoms with van der Waals surface area (Å²) in [5, 5.41) is 30.9. The lowest BCUT2D eigenvalue weighted by Crippen LogP contribution is -2.52. The molecule has 2 aliphatic rings. The predicted octanol–water partition coefficient (Wildman–Crippen LogP) is 3.89. The van der Waals surface area contributed by atoms with Gasteiger partial charge in [-0.3, -0.25) is 9.59 Å². The van der Waals surface area contributed by atoms with Crippen molar-refractivity contribution in [1.29, 1.82) is 5.26 Å². The summed E-state index contributed by atoms with van der Waals surface area (Å²) in [4.78, 5) is 40.5. The normalized spacial score (nSPS) is 23.6. The summed E-state index contributed by atoms with van der Waals surface area (Å²) in [5.41, 5.74) is 0.366. The highest BCUT2D eigenvalue weighted by Crippen LogP contribution is 2.57. The number of esters is 1. The van der Waals surface area contributed by atoms with E-state index in [1.807, 2.05) is 13.0 Å². The number of nitrogens with one attached hydrogen (secondary N) is 1. The third kappa shape index (κ3) is 6.00. The molecule has 9 nitrogen and oxygen atoms in total. The highest BCUT2D eigenvalue weighted by Gasteiger charge is 2.49. The predicted molar refractivity (Wildman–Crippen MR) is 136 cm³/mol. The molecule has 0 radical (unpaired) electrons. The summed E-state index contributed by atoms with van der Waals surface area (Å²) in [6.45, 7) is 11.3. The monoisotopic (exact) mass is 513 g/mol. The van der Waals surface area contributed by atoms with E-state index in [9.17, 15) is 29.9 Å². The second kappa shape index (κ2) is 11.0. The maximum absolute atomic E-state index is 13.3. The van der Waals surface area contributed by atoms with Crippen LogP contribution in [0.3, 0.4) is 0 Å². The van der Waals surface area contributed by atoms with Crippen molar-refractivity contribution in [2.45, 2.75) is 91.3 Å². The van der Waals surface area contributed by atoms with Gasteiger partial charge in [0.2, 0.25) is 5.91 Å². The first-order chi connectivity index (χ1) is 17.3. The van der Waals surface area contributed by atoms with E-state index in [0.29, 0.717) is 25.3 Å². The molecule has 1 aliphatic heterocycles. The van der Waals surface area contributed by atoms with Crippen LogP contribution in [-0.2, 0) is 14.3 Å². The Kier molecular flexibility index (Phi) is 8.41. The van der Waals surface area contributed by atoms with Crippen LogP contribution >= 0.6 is 0 Å². The molecule has 3 N–H and O–H groups in total. The van der Waals surface area contributed by atoms with Gasteiger partial charge in [0.25, 0.3) is 5.91 Å². The summed E-state index contributed by atoms with van der Waals surface area (Å²) in [6, 6.07) is 3.51. The van der Waals surface area contributed by atoms with E-state index in [-0.39, 0.29) is 34.7 Å². The van der Waals surface area contributed by atoms with Gasteiger partial charge in [-0.25, -0.2) is 4.79 Å². The molecule has 4 atom stereocenters. The zero-order valence-corrected chi connectivity index (χ0v) is 22.4. The van der Waals surface area contributed by atoms with Crippen molar-refractivity contribution in [2.24, 2.45) is 16.7 Å². The highest BCUT2D eigenvalue weighted by atomic mass is 16.5. The van der Waals surface area contributed by atoms with E-state index in [0.717, 1.165) is 31.4 Å². The molecule has 9 heteroatoms. The Bertz CT molecular complexity index is 1080. The van der Waals surface area contributed by atoms with Crippen LogP contribution in [0.4, 0.5) is 0 Å². The Morgan fingerprint density at radius 1 is 1.19 bits per heavy atom. The lowest BCUT2D eigenvalue weighted by molar-refractivity contribution is -0.158. The highest BCUT2D eigenvalue weighted by molar-refractivity contribution is 5.98. The number of rotatable bonds is 8. The minimum atomic E-state index is -1.17. The summed E-state index contributed by atoms with van der Waals surface area (Å²) in [6.07, 6.45) is 3.47. The number of likely N-dealkylation sites (tertiary alicyclic amines) is 1. The molecule has 2 amide bonds. The van der Waals surface area contributed by atoms with Crippen LogP contribution in [0, 0.1) is 28.1 Å². The number of phenols is 2. The number of nitriles is 1. The average Bonchev–Trinajstić information content (AvgIpc) is 3.39. The van der Waals surface area contributed by atoms with Crippen molar-refractivity contribution >= 4 is 17.8 Å². The van der Waals surface area contributed by atoms with Gasteiger partial charge in [-0.1, -0.05) is 27.7 Å². The van der Waals surface area contributed by atoms with Gasteiger partial charge in [0.05, 0.1) is 18.6 Å². The minimum Gasteiger partial charge on any atom is -0.504 e. The molecule has 1 heterocycles. The fourth-order valence-electron chi connectivity index (χ4n) is 5.58. The molecule has 202 valence electrons. The lowest BCUT2D eigenvalue weighted by atomic mass is 9.66. The van der Waals surface area contributed by atoms with E-state index >= 15 is 0 Å². The molecule has 4 unspecified atom stereocenters. The summed E-state index contributed by atoms with van der Waals surface area (Å²) >= 11 is 0. The number of aromatic hydroxyl groups is 2. The third-order valence-electron chi connectivity index (χ3n) is 8.76. The van der Waals surface area contributed by atoms with Gasteiger partial charge in [-0.2, -0.15) is 5.26 Å². The summed E-state index contributed by atoms with van der Waals surface area (Å²) in [7, 11) is 0. The zero-order valence-electron chi connectivity index (χ0n) is 22.4. The van der Waals surface area contributed by atoms with Gasteiger partial charge in [-0.15, -0.1) is 0 Å². The standard InChI is InChI=1S/C28H39N3O6/c1-17(15-19-10-12-27(2,3)28(19,4)5)37-26(36)21-7-6-14-31(21)25(35)20(11-13-29)30-24(34)18-8-9-22(32)23(33)16-18/h8-9,16-17,19-21,32-33H,6-7,10-12,14-15H2,1-5H3,(H,30,34). The molecule has 0 aromatic heterocycles. The van der Waals surface area contributed by atoms with Crippen molar-refractivity contribution in [3.63, 3.8) is 0 Å². The van der Waals surface area contributed by atoms with Crippen molar-refractivity contribution in [3.8, 4) is 17.6 Å². The Hall–Kier alpha value is -3.28. The van der Waals surface area contributed by atoms with Crippen LogP contribution in [0.25, 0.3) is 0 Å². The Morgan fingerprint density at radius 2 is 1.89 bits per heavy atom. The number of nitrogens with zero attached hydrogens (tertiary/aromatic N) is 2. The Labute approximate surface area is 218 Å². The van der Waals surface area contributed by atoms with Crippen LogP contribution in [0.15, 0.2) is 18.2 Å². The zero-order chi connectivity index (χ0) is 27.5. The summed E-state index contributed by atoms with van der Waals surface area (Å²) < 4.78 is 5.82. The molecule has 2 fully saturated rings. The number of ether oxygens (including phenoxy) is 1. The minimum absolute atomic E-state index is 0.0234. The molecule has 3 rings (SSSR count). The van der Waals surface area contributed by atoms with Crippen molar-refractivity contribution in [1.82, 2.24) is 10.2 Å². The molecule has 1 aliphatic carbocycles. The molecule has 1 aromatic carbocycles. The van der Waals surface area contributed by atoms with Gasteiger partial charge < -0.3 is 25.2 Å². The molecular weight excluding hydrogens is 474 g/mol. The van der Waals surface area contributed by atoms with Gasteiger partial charge >= 0.3 is 5.97 Å². The second-order valence-electron chi connectivity index (χ2n) is 11.6. The number of benzene rings is 1. The van der Waals surface area contributed by atoms with E-state index in [4.69, 9.17) is 4.74 Å². The second-order valence-corrected chi connectivity index (χ2v) is 11.6. The first-order valence-electron chi connectivity index (χ1n) is 13.0. The SMILES string of the molecule is CC(CC1CCC(C)(C)C1(C)C)OC(=O)C1CCCN1C(=O)C(CC#N)NC(=O)c1ccc(O)c(O)c1. The fraction of sp³-hybridized carbons (Fsp3) is 0.643. The number of hydrogen-bond acceptors (Lipinski definition) is 7. The largest absolute Gasteiger partial charge is 0.504 e. The van der Waals surface area contributed by atoms with Gasteiger partial charge in [0, 0.05) is 12.1 Å². The quantitative estimate of drug-likeness (QED) is 0.354. The van der Waals surface area contributed by atoms with Crippen LogP contribution in [-0.4, -0.2) is 57.6 Å². The molecule has 1 aromatic rings. The maximum Gasteiger partial charge on any atom is 0.329 e.